The third-order valence-corrected chi connectivity index (χ3v) is 4.20. The lowest BCUT2D eigenvalue weighted by Crippen LogP contribution is -2.46. The van der Waals surface area contributed by atoms with Crippen LogP contribution in [0.3, 0.4) is 0 Å². The maximum absolute atomic E-state index is 6.39. The second-order valence-corrected chi connectivity index (χ2v) is 5.52. The van der Waals surface area contributed by atoms with E-state index in [1.54, 1.807) is 0 Å². The van der Waals surface area contributed by atoms with Crippen LogP contribution in [-0.4, -0.2) is 42.8 Å². The molecule has 2 aliphatic rings. The molecule has 0 spiro atoms. The normalized spacial score (nSPS) is 30.8. The third kappa shape index (κ3) is 3.19. The molecule has 16 heavy (non-hydrogen) atoms. The summed E-state index contributed by atoms with van der Waals surface area (Å²) in [7, 11) is 0. The molecule has 1 aliphatic heterocycles. The Morgan fingerprint density at radius 3 is 2.81 bits per heavy atom. The van der Waals surface area contributed by atoms with Crippen LogP contribution in [-0.2, 0) is 4.74 Å². The van der Waals surface area contributed by atoms with Crippen LogP contribution in [0.15, 0.2) is 0 Å². The van der Waals surface area contributed by atoms with Crippen molar-refractivity contribution in [3.63, 3.8) is 0 Å². The molecule has 2 fully saturated rings. The zero-order valence-electron chi connectivity index (χ0n) is 10.6. The Bertz CT molecular complexity index is 214. The second-order valence-electron chi connectivity index (χ2n) is 5.52. The predicted octanol–water partition coefficient (Wildman–Crippen LogP) is 1.76. The van der Waals surface area contributed by atoms with Gasteiger partial charge in [0.2, 0.25) is 0 Å². The average Bonchev–Trinajstić information content (AvgIpc) is 2.75. The van der Waals surface area contributed by atoms with E-state index in [0.29, 0.717) is 6.10 Å². The van der Waals surface area contributed by atoms with E-state index in [9.17, 15) is 0 Å². The third-order valence-electron chi connectivity index (χ3n) is 4.20. The quantitative estimate of drug-likeness (QED) is 0.794. The smallest absolute Gasteiger partial charge is 0.0700 e. The van der Waals surface area contributed by atoms with Crippen LogP contribution >= 0.6 is 0 Å². The number of ether oxygens (including phenoxy) is 1. The van der Waals surface area contributed by atoms with E-state index in [2.05, 4.69) is 11.8 Å². The van der Waals surface area contributed by atoms with Crippen molar-refractivity contribution in [2.45, 2.75) is 57.1 Å². The van der Waals surface area contributed by atoms with E-state index in [1.807, 2.05) is 0 Å². The number of rotatable bonds is 4. The van der Waals surface area contributed by atoms with Crippen LogP contribution in [0, 0.1) is 0 Å². The highest BCUT2D eigenvalue weighted by Crippen LogP contribution is 2.30. The van der Waals surface area contributed by atoms with Crippen molar-refractivity contribution in [3.8, 4) is 0 Å². The first kappa shape index (κ1) is 12.3. The van der Waals surface area contributed by atoms with Crippen molar-refractivity contribution in [3.05, 3.63) is 0 Å². The Morgan fingerprint density at radius 2 is 2.12 bits per heavy atom. The lowest BCUT2D eigenvalue weighted by Gasteiger charge is -2.34. The van der Waals surface area contributed by atoms with E-state index in [4.69, 9.17) is 10.5 Å². The van der Waals surface area contributed by atoms with Gasteiger partial charge in [-0.05, 0) is 25.7 Å². The summed E-state index contributed by atoms with van der Waals surface area (Å²) in [5, 5.41) is 0. The standard InChI is InChI=1S/C13H26N2O/c1-2-12-11-15(9-10-16-12)8-7-13(14)5-3-4-6-13/h12H,2-11,14H2,1H3. The molecule has 0 aromatic heterocycles. The molecule has 94 valence electrons. The van der Waals surface area contributed by atoms with E-state index in [0.717, 1.165) is 32.7 Å². The van der Waals surface area contributed by atoms with Gasteiger partial charge in [-0.25, -0.2) is 0 Å². The monoisotopic (exact) mass is 226 g/mol. The highest BCUT2D eigenvalue weighted by molar-refractivity contribution is 4.90. The van der Waals surface area contributed by atoms with Crippen molar-refractivity contribution in [1.29, 1.82) is 0 Å². The van der Waals surface area contributed by atoms with Gasteiger partial charge in [-0.15, -0.1) is 0 Å². The average molecular weight is 226 g/mol. The van der Waals surface area contributed by atoms with Gasteiger partial charge in [0.15, 0.2) is 0 Å². The minimum Gasteiger partial charge on any atom is -0.376 e. The summed E-state index contributed by atoms with van der Waals surface area (Å²) in [5.74, 6) is 0. The van der Waals surface area contributed by atoms with Crippen molar-refractivity contribution < 1.29 is 4.74 Å². The van der Waals surface area contributed by atoms with Gasteiger partial charge in [0.1, 0.15) is 0 Å². The van der Waals surface area contributed by atoms with Gasteiger partial charge in [0, 0.05) is 25.2 Å². The maximum Gasteiger partial charge on any atom is 0.0700 e. The highest BCUT2D eigenvalue weighted by atomic mass is 16.5. The summed E-state index contributed by atoms with van der Waals surface area (Å²) in [5.41, 5.74) is 6.54. The summed E-state index contributed by atoms with van der Waals surface area (Å²) in [6.45, 7) is 6.46. The number of nitrogens with two attached hydrogens (primary N) is 1. The first-order valence-corrected chi connectivity index (χ1v) is 6.85. The Labute approximate surface area is 99.3 Å². The molecule has 0 aromatic carbocycles. The Hall–Kier alpha value is -0.120. The van der Waals surface area contributed by atoms with Crippen molar-refractivity contribution >= 4 is 0 Å². The molecule has 2 N–H and O–H groups in total. The van der Waals surface area contributed by atoms with E-state index >= 15 is 0 Å². The zero-order valence-corrected chi connectivity index (χ0v) is 10.6. The van der Waals surface area contributed by atoms with Gasteiger partial charge >= 0.3 is 0 Å². The predicted molar refractivity (Wildman–Crippen MR) is 66.5 cm³/mol. The van der Waals surface area contributed by atoms with E-state index < -0.39 is 0 Å². The van der Waals surface area contributed by atoms with Gasteiger partial charge in [0.25, 0.3) is 0 Å². The highest BCUT2D eigenvalue weighted by Gasteiger charge is 2.30. The van der Waals surface area contributed by atoms with Crippen LogP contribution in [0.2, 0.25) is 0 Å². The van der Waals surface area contributed by atoms with Crippen LogP contribution in [0.4, 0.5) is 0 Å². The molecule has 0 amide bonds. The molecule has 1 saturated carbocycles. The minimum atomic E-state index is 0.153. The largest absolute Gasteiger partial charge is 0.376 e. The fourth-order valence-electron chi connectivity index (χ4n) is 2.94. The van der Waals surface area contributed by atoms with E-state index in [-0.39, 0.29) is 5.54 Å². The molecular formula is C13H26N2O. The molecule has 0 aromatic rings. The van der Waals surface area contributed by atoms with Crippen molar-refractivity contribution in [1.82, 2.24) is 4.90 Å². The molecule has 1 unspecified atom stereocenters. The first-order valence-electron chi connectivity index (χ1n) is 6.85. The molecular weight excluding hydrogens is 200 g/mol. The fourth-order valence-corrected chi connectivity index (χ4v) is 2.94. The van der Waals surface area contributed by atoms with Crippen molar-refractivity contribution in [2.24, 2.45) is 5.73 Å². The lowest BCUT2D eigenvalue weighted by atomic mass is 9.94. The molecule has 1 atom stereocenters. The van der Waals surface area contributed by atoms with Gasteiger partial charge in [-0.3, -0.25) is 4.90 Å². The van der Waals surface area contributed by atoms with Gasteiger partial charge < -0.3 is 10.5 Å². The molecule has 1 heterocycles. The van der Waals surface area contributed by atoms with Crippen LogP contribution < -0.4 is 5.73 Å². The Kier molecular flexibility index (Phi) is 4.22. The SMILES string of the molecule is CCC1CN(CCC2(N)CCCC2)CCO1. The first-order chi connectivity index (χ1) is 7.72. The molecule has 0 bridgehead atoms. The summed E-state index contributed by atoms with van der Waals surface area (Å²) in [6.07, 6.45) is 7.87. The Balaban J connectivity index is 1.72. The van der Waals surface area contributed by atoms with Crippen LogP contribution in [0.25, 0.3) is 0 Å². The second kappa shape index (κ2) is 5.48. The van der Waals surface area contributed by atoms with Gasteiger partial charge in [0.05, 0.1) is 12.7 Å². The number of nitrogens with zero attached hydrogens (tertiary/aromatic N) is 1. The summed E-state index contributed by atoms with van der Waals surface area (Å²) < 4.78 is 5.68. The van der Waals surface area contributed by atoms with Gasteiger partial charge in [-0.2, -0.15) is 0 Å². The molecule has 2 rings (SSSR count). The van der Waals surface area contributed by atoms with Crippen molar-refractivity contribution in [2.75, 3.05) is 26.2 Å². The molecule has 3 heteroatoms. The van der Waals surface area contributed by atoms with E-state index in [1.165, 1.54) is 32.1 Å². The minimum absolute atomic E-state index is 0.153. The summed E-state index contributed by atoms with van der Waals surface area (Å²) >= 11 is 0. The summed E-state index contributed by atoms with van der Waals surface area (Å²) in [6, 6.07) is 0. The lowest BCUT2D eigenvalue weighted by molar-refractivity contribution is -0.0313. The number of morpholine rings is 1. The van der Waals surface area contributed by atoms with Gasteiger partial charge in [-0.1, -0.05) is 19.8 Å². The Morgan fingerprint density at radius 1 is 1.38 bits per heavy atom. The maximum atomic E-state index is 6.39. The molecule has 3 nitrogen and oxygen atoms in total. The fraction of sp³-hybridized carbons (Fsp3) is 1.00. The zero-order chi connectivity index (χ0) is 11.4. The number of hydrogen-bond acceptors (Lipinski definition) is 3. The van der Waals surface area contributed by atoms with Crippen LogP contribution in [0.5, 0.6) is 0 Å². The van der Waals surface area contributed by atoms with Crippen LogP contribution in [0.1, 0.15) is 45.4 Å². The molecule has 1 aliphatic carbocycles. The summed E-state index contributed by atoms with van der Waals surface area (Å²) in [4.78, 5) is 2.53. The molecule has 0 radical (unpaired) electrons. The molecule has 1 saturated heterocycles. The topological polar surface area (TPSA) is 38.5 Å². The number of hydrogen-bond donors (Lipinski definition) is 1.